The summed E-state index contributed by atoms with van der Waals surface area (Å²) >= 11 is 0. The fourth-order valence-electron chi connectivity index (χ4n) is 7.99. The summed E-state index contributed by atoms with van der Waals surface area (Å²) in [5.41, 5.74) is 8.66. The second kappa shape index (κ2) is 24.3. The summed E-state index contributed by atoms with van der Waals surface area (Å²) in [6.45, 7) is 5.31. The number of unbranched alkanes of at least 4 members (excludes halogenated alkanes) is 5. The number of ether oxygens (including phenoxy) is 4. The van der Waals surface area contributed by atoms with Crippen LogP contribution < -0.4 is 16.4 Å². The summed E-state index contributed by atoms with van der Waals surface area (Å²) < 4.78 is 26.3. The molecular formula is C45H64N8O8. The number of amides is 5. The molecule has 61 heavy (non-hydrogen) atoms. The number of rotatable bonds is 19. The van der Waals surface area contributed by atoms with E-state index in [9.17, 15) is 19.2 Å². The molecule has 16 heteroatoms. The van der Waals surface area contributed by atoms with Gasteiger partial charge in [-0.05, 0) is 48.8 Å². The van der Waals surface area contributed by atoms with Gasteiger partial charge in [0.05, 0.1) is 26.1 Å². The van der Waals surface area contributed by atoms with Crippen molar-refractivity contribution in [3.05, 3.63) is 90.0 Å². The van der Waals surface area contributed by atoms with Gasteiger partial charge in [0.25, 0.3) is 0 Å². The minimum absolute atomic E-state index is 0.0453. The molecule has 4 N–H and O–H groups in total. The van der Waals surface area contributed by atoms with Crippen molar-refractivity contribution < 1.29 is 38.1 Å². The van der Waals surface area contributed by atoms with Crippen molar-refractivity contribution in [1.29, 1.82) is 0 Å². The van der Waals surface area contributed by atoms with Gasteiger partial charge in [-0.25, -0.2) is 19.4 Å². The molecule has 3 atom stereocenters. The summed E-state index contributed by atoms with van der Waals surface area (Å²) in [7, 11) is 0. The van der Waals surface area contributed by atoms with Crippen LogP contribution in [0.4, 0.5) is 14.4 Å². The van der Waals surface area contributed by atoms with Crippen molar-refractivity contribution in [3.8, 4) is 0 Å². The Morgan fingerprint density at radius 3 is 2.23 bits per heavy atom. The van der Waals surface area contributed by atoms with E-state index in [1.54, 1.807) is 20.9 Å². The van der Waals surface area contributed by atoms with E-state index in [0.717, 1.165) is 48.9 Å². The van der Waals surface area contributed by atoms with Gasteiger partial charge in [0.1, 0.15) is 6.10 Å². The third-order valence-corrected chi connectivity index (χ3v) is 11.7. The predicted octanol–water partition coefficient (Wildman–Crippen LogP) is 5.26. The number of urea groups is 1. The lowest BCUT2D eigenvalue weighted by Crippen LogP contribution is -2.53. The largest absolute Gasteiger partial charge is 0.449 e. The van der Waals surface area contributed by atoms with Crippen molar-refractivity contribution in [2.75, 3.05) is 59.0 Å². The number of imidazole rings is 1. The van der Waals surface area contributed by atoms with Gasteiger partial charge < -0.3 is 54.6 Å². The van der Waals surface area contributed by atoms with E-state index >= 15 is 0 Å². The van der Waals surface area contributed by atoms with E-state index in [1.807, 2.05) is 67.1 Å². The molecule has 3 aromatic rings. The minimum Gasteiger partial charge on any atom is -0.449 e. The number of piperidine rings is 1. The number of hydrogen-bond acceptors (Lipinski definition) is 10. The van der Waals surface area contributed by atoms with Crippen molar-refractivity contribution in [3.63, 3.8) is 0 Å². The lowest BCUT2D eigenvalue weighted by molar-refractivity contribution is -0.231. The van der Waals surface area contributed by atoms with Crippen LogP contribution in [0.3, 0.4) is 0 Å². The Kier molecular flexibility index (Phi) is 18.1. The Bertz CT molecular complexity index is 1780. The maximum absolute atomic E-state index is 13.5. The van der Waals surface area contributed by atoms with Gasteiger partial charge in [-0.15, -0.1) is 0 Å². The number of hydrogen-bond donors (Lipinski definition) is 3. The molecule has 6 rings (SSSR count). The third kappa shape index (κ3) is 14.5. The molecule has 3 aliphatic heterocycles. The second-order valence-electron chi connectivity index (χ2n) is 16.1. The first-order chi connectivity index (χ1) is 29.9. The molecule has 3 saturated heterocycles. The van der Waals surface area contributed by atoms with Crippen LogP contribution in [0.25, 0.3) is 0 Å². The van der Waals surface area contributed by atoms with Crippen molar-refractivity contribution in [1.82, 2.24) is 34.9 Å². The highest BCUT2D eigenvalue weighted by atomic mass is 16.7. The maximum atomic E-state index is 13.5. The number of benzene rings is 2. The molecule has 16 nitrogen and oxygen atoms in total. The quantitative estimate of drug-likeness (QED) is 0.135. The van der Waals surface area contributed by atoms with E-state index in [1.165, 1.54) is 12.8 Å². The number of likely N-dealkylation sites (tertiary alicyclic amines) is 1. The first-order valence-corrected chi connectivity index (χ1v) is 22.0. The molecule has 2 aromatic carbocycles. The van der Waals surface area contributed by atoms with Crippen molar-refractivity contribution in [2.24, 2.45) is 17.6 Å². The number of carbonyl (C=O) groups excluding carboxylic acids is 4. The van der Waals surface area contributed by atoms with Crippen LogP contribution in [0.15, 0.2) is 73.3 Å². The number of aromatic nitrogens is 2. The highest BCUT2D eigenvalue weighted by molar-refractivity contribution is 5.79. The zero-order valence-electron chi connectivity index (χ0n) is 35.4. The van der Waals surface area contributed by atoms with E-state index in [0.29, 0.717) is 84.8 Å². The number of nitrogens with zero attached hydrogens (tertiary/aromatic N) is 5. The van der Waals surface area contributed by atoms with Crippen molar-refractivity contribution in [2.45, 2.75) is 96.4 Å². The third-order valence-electron chi connectivity index (χ3n) is 11.7. The number of aryl methyl sites for hydroxylation is 1. The van der Waals surface area contributed by atoms with Gasteiger partial charge in [-0.3, -0.25) is 4.79 Å². The van der Waals surface area contributed by atoms with E-state index in [4.69, 9.17) is 24.7 Å². The highest BCUT2D eigenvalue weighted by Gasteiger charge is 2.40. The molecule has 0 spiro atoms. The number of nitrogens with two attached hydrogens (primary N) is 1. The maximum Gasteiger partial charge on any atom is 0.412 e. The van der Waals surface area contributed by atoms with Crippen LogP contribution in [-0.2, 0) is 50.0 Å². The first kappa shape index (κ1) is 45.3. The monoisotopic (exact) mass is 844 g/mol. The summed E-state index contributed by atoms with van der Waals surface area (Å²) in [6.07, 6.45) is 11.3. The molecule has 1 aromatic heterocycles. The standard InChI is InChI=1S/C45H64N8O8/c46-30-36-13-10-14-37(29-36)31-49-43(55)51-24-26-53(27-25-51)44(56)60-33-39-17-28-58-42(40(39)59-32-35-11-6-5-7-12-35)61-45(57)52-21-15-38(16-22-52)41(54)48-18-8-3-1-2-4-9-20-50-23-19-47-34-50/h5-7,10-14,19,23,29,34,38-40,42H,1-4,8-9,15-18,20-22,24-28,30-33,46H2,(H,48,54)(H,49,55)/t39-,40?,42+/m1/s1. The molecule has 1 unspecified atom stereocenters. The molecule has 332 valence electrons. The molecule has 3 fully saturated rings. The minimum atomic E-state index is -1.01. The van der Waals surface area contributed by atoms with Gasteiger partial charge in [-0.2, -0.15) is 0 Å². The topological polar surface area (TPSA) is 183 Å². The van der Waals surface area contributed by atoms with Crippen LogP contribution in [0.5, 0.6) is 0 Å². The molecule has 0 radical (unpaired) electrons. The fraction of sp³-hybridized carbons (Fsp3) is 0.578. The van der Waals surface area contributed by atoms with Crippen LogP contribution in [0, 0.1) is 11.8 Å². The summed E-state index contributed by atoms with van der Waals surface area (Å²) in [5, 5.41) is 6.05. The van der Waals surface area contributed by atoms with Gasteiger partial charge in [0, 0.05) is 89.7 Å². The van der Waals surface area contributed by atoms with E-state index in [-0.39, 0.29) is 37.0 Å². The second-order valence-corrected chi connectivity index (χ2v) is 16.1. The van der Waals surface area contributed by atoms with E-state index in [2.05, 4.69) is 20.2 Å². The smallest absolute Gasteiger partial charge is 0.412 e. The van der Waals surface area contributed by atoms with Crippen LogP contribution in [-0.4, -0.2) is 120 Å². The Hall–Kier alpha value is -5.19. The fourth-order valence-corrected chi connectivity index (χ4v) is 7.99. The summed E-state index contributed by atoms with van der Waals surface area (Å²) in [6, 6.07) is 17.3. The Labute approximate surface area is 359 Å². The van der Waals surface area contributed by atoms with Gasteiger partial charge in [0.15, 0.2) is 0 Å². The average Bonchev–Trinajstić information content (AvgIpc) is 3.83. The Morgan fingerprint density at radius 2 is 1.48 bits per heavy atom. The Balaban J connectivity index is 0.905. The molecule has 0 aliphatic carbocycles. The molecule has 3 aliphatic rings. The van der Waals surface area contributed by atoms with Crippen LogP contribution in [0.1, 0.15) is 74.5 Å². The summed E-state index contributed by atoms with van der Waals surface area (Å²) in [5.74, 6) is -0.403. The van der Waals surface area contributed by atoms with Gasteiger partial charge in [-0.1, -0.05) is 80.3 Å². The molecule has 5 amide bonds. The lowest BCUT2D eigenvalue weighted by atomic mass is 9.96. The summed E-state index contributed by atoms with van der Waals surface area (Å²) in [4.78, 5) is 61.5. The molecule has 4 heterocycles. The number of piperazine rings is 1. The highest BCUT2D eigenvalue weighted by Crippen LogP contribution is 2.28. The molecule has 0 bridgehead atoms. The zero-order chi connectivity index (χ0) is 42.7. The predicted molar refractivity (Wildman–Crippen MR) is 228 cm³/mol. The number of carbonyl (C=O) groups is 4. The SMILES string of the molecule is NCc1cccc(CNC(=O)N2CCN(C(=O)OC[C@H]3CCO[C@@H](OC(=O)N4CCC(C(=O)NCCCCCCCCn5ccnc5)CC4)C3OCc3ccccc3)CC2)c1. The zero-order valence-corrected chi connectivity index (χ0v) is 35.4. The molecule has 0 saturated carbocycles. The normalized spacial score (nSPS) is 19.6. The Morgan fingerprint density at radius 1 is 0.770 bits per heavy atom. The van der Waals surface area contributed by atoms with E-state index < -0.39 is 24.6 Å². The van der Waals surface area contributed by atoms with Crippen LogP contribution >= 0.6 is 0 Å². The number of nitrogens with one attached hydrogen (secondary N) is 2. The lowest BCUT2D eigenvalue weighted by Gasteiger charge is -2.39. The first-order valence-electron chi connectivity index (χ1n) is 22.0. The van der Waals surface area contributed by atoms with Crippen LogP contribution in [0.2, 0.25) is 0 Å². The van der Waals surface area contributed by atoms with Crippen molar-refractivity contribution >= 4 is 24.1 Å². The molecular weight excluding hydrogens is 781 g/mol. The van der Waals surface area contributed by atoms with Gasteiger partial charge in [0.2, 0.25) is 12.2 Å². The van der Waals surface area contributed by atoms with Gasteiger partial charge >= 0.3 is 18.2 Å². The average molecular weight is 845 g/mol.